The van der Waals surface area contributed by atoms with Gasteiger partial charge < -0.3 is 5.11 Å². The summed E-state index contributed by atoms with van der Waals surface area (Å²) in [6, 6.07) is 2.32. The minimum atomic E-state index is -4.86. The van der Waals surface area contributed by atoms with E-state index in [1.807, 2.05) is 0 Å². The van der Waals surface area contributed by atoms with E-state index in [0.717, 1.165) is 30.5 Å². The van der Waals surface area contributed by atoms with Gasteiger partial charge in [0.15, 0.2) is 0 Å². The zero-order valence-electron chi connectivity index (χ0n) is 10.5. The molecule has 1 unspecified atom stereocenters. The maximum absolute atomic E-state index is 13.6. The van der Waals surface area contributed by atoms with Crippen molar-refractivity contribution in [1.82, 2.24) is 4.98 Å². The standard InChI is InChI=1S/C12H11F3N2O3S/c13-12(14,15)11(10-9(18)4-2-6-17-10)5-1-3-8(7-11)21(16,19)20/h1-6,18H,7H2,(H2,16,19,20). The fraction of sp³-hybridized carbons (Fsp3) is 0.250. The molecule has 3 N–H and O–H groups in total. The summed E-state index contributed by atoms with van der Waals surface area (Å²) in [6.45, 7) is 0. The Bertz CT molecular complexity index is 726. The second-order valence-electron chi connectivity index (χ2n) is 4.55. The van der Waals surface area contributed by atoms with Gasteiger partial charge in [-0.1, -0.05) is 12.2 Å². The summed E-state index contributed by atoms with van der Waals surface area (Å²) < 4.78 is 63.4. The van der Waals surface area contributed by atoms with Crippen molar-refractivity contribution in [2.75, 3.05) is 0 Å². The largest absolute Gasteiger partial charge is 0.506 e. The molecule has 0 amide bonds. The lowest BCUT2D eigenvalue weighted by atomic mass is 9.77. The number of nitrogens with zero attached hydrogens (tertiary/aromatic N) is 1. The minimum Gasteiger partial charge on any atom is -0.506 e. The highest BCUT2D eigenvalue weighted by Gasteiger charge is 2.58. The summed E-state index contributed by atoms with van der Waals surface area (Å²) >= 11 is 0. The quantitative estimate of drug-likeness (QED) is 0.867. The molecule has 1 aliphatic carbocycles. The van der Waals surface area contributed by atoms with Gasteiger partial charge >= 0.3 is 6.18 Å². The van der Waals surface area contributed by atoms with Crippen molar-refractivity contribution in [3.63, 3.8) is 0 Å². The van der Waals surface area contributed by atoms with Gasteiger partial charge in [0.1, 0.15) is 16.9 Å². The van der Waals surface area contributed by atoms with E-state index < -0.39 is 44.4 Å². The van der Waals surface area contributed by atoms with Crippen LogP contribution in [0.2, 0.25) is 0 Å². The molecule has 0 bridgehead atoms. The van der Waals surface area contributed by atoms with Gasteiger partial charge in [-0.15, -0.1) is 0 Å². The molecule has 0 aliphatic heterocycles. The van der Waals surface area contributed by atoms with Crippen LogP contribution in [0.25, 0.3) is 0 Å². The monoisotopic (exact) mass is 320 g/mol. The SMILES string of the molecule is NS(=O)(=O)C1=CC=CC(c2ncccc2O)(C(F)(F)F)C1. The highest BCUT2D eigenvalue weighted by atomic mass is 32.2. The number of hydrogen-bond donors (Lipinski definition) is 2. The predicted octanol–water partition coefficient (Wildman–Crippen LogP) is 1.72. The second kappa shape index (κ2) is 4.85. The van der Waals surface area contributed by atoms with E-state index >= 15 is 0 Å². The van der Waals surface area contributed by atoms with Crippen molar-refractivity contribution in [3.05, 3.63) is 47.2 Å². The Balaban J connectivity index is 2.66. The number of allylic oxidation sites excluding steroid dienone is 4. The molecule has 1 aromatic heterocycles. The molecular formula is C12H11F3N2O3S. The first-order valence-corrected chi connectivity index (χ1v) is 7.25. The summed E-state index contributed by atoms with van der Waals surface area (Å²) in [6.07, 6.45) is -2.00. The van der Waals surface area contributed by atoms with Gasteiger partial charge in [-0.3, -0.25) is 4.98 Å². The smallest absolute Gasteiger partial charge is 0.403 e. The van der Waals surface area contributed by atoms with Crippen LogP contribution in [-0.2, 0) is 15.4 Å². The molecule has 1 aromatic rings. The molecule has 2 rings (SSSR count). The Morgan fingerprint density at radius 2 is 2.05 bits per heavy atom. The van der Waals surface area contributed by atoms with E-state index in [2.05, 4.69) is 4.98 Å². The van der Waals surface area contributed by atoms with Crippen molar-refractivity contribution in [3.8, 4) is 5.75 Å². The van der Waals surface area contributed by atoms with Crippen molar-refractivity contribution >= 4 is 10.0 Å². The Hall–Kier alpha value is -1.87. The average Bonchev–Trinajstić information content (AvgIpc) is 2.37. The first-order chi connectivity index (χ1) is 9.58. The molecule has 21 heavy (non-hydrogen) atoms. The van der Waals surface area contributed by atoms with Crippen molar-refractivity contribution < 1.29 is 26.7 Å². The number of nitrogens with two attached hydrogens (primary N) is 1. The second-order valence-corrected chi connectivity index (χ2v) is 6.17. The first-order valence-electron chi connectivity index (χ1n) is 5.70. The highest BCUT2D eigenvalue weighted by molar-refractivity contribution is 7.93. The molecule has 0 saturated carbocycles. The van der Waals surface area contributed by atoms with Gasteiger partial charge in [0.05, 0.1) is 4.91 Å². The van der Waals surface area contributed by atoms with E-state index in [4.69, 9.17) is 5.14 Å². The average molecular weight is 320 g/mol. The maximum Gasteiger partial charge on any atom is 0.403 e. The van der Waals surface area contributed by atoms with Crippen LogP contribution in [0.5, 0.6) is 5.75 Å². The third kappa shape index (κ3) is 2.66. The summed E-state index contributed by atoms with van der Waals surface area (Å²) in [5, 5.41) is 14.6. The molecule has 0 radical (unpaired) electrons. The molecular weight excluding hydrogens is 309 g/mol. The Labute approximate surface area is 118 Å². The molecule has 1 heterocycles. The predicted molar refractivity (Wildman–Crippen MR) is 68.6 cm³/mol. The van der Waals surface area contributed by atoms with Crippen LogP contribution < -0.4 is 5.14 Å². The molecule has 0 aromatic carbocycles. The Morgan fingerprint density at radius 3 is 2.57 bits per heavy atom. The van der Waals surface area contributed by atoms with Gasteiger partial charge in [0.25, 0.3) is 0 Å². The van der Waals surface area contributed by atoms with Gasteiger partial charge in [0.2, 0.25) is 10.0 Å². The number of aromatic nitrogens is 1. The third-order valence-corrected chi connectivity index (χ3v) is 4.21. The zero-order valence-corrected chi connectivity index (χ0v) is 11.3. The highest BCUT2D eigenvalue weighted by Crippen LogP contribution is 2.50. The van der Waals surface area contributed by atoms with Gasteiger partial charge in [0, 0.05) is 12.6 Å². The lowest BCUT2D eigenvalue weighted by Crippen LogP contribution is -2.43. The maximum atomic E-state index is 13.6. The molecule has 0 saturated heterocycles. The Morgan fingerprint density at radius 1 is 1.38 bits per heavy atom. The molecule has 0 fully saturated rings. The summed E-state index contributed by atoms with van der Waals surface area (Å²) in [5.74, 6) is -0.671. The van der Waals surface area contributed by atoms with Crippen LogP contribution in [0.15, 0.2) is 41.5 Å². The van der Waals surface area contributed by atoms with E-state index in [0.29, 0.717) is 0 Å². The number of pyridine rings is 1. The van der Waals surface area contributed by atoms with Crippen LogP contribution in [0.3, 0.4) is 0 Å². The molecule has 0 spiro atoms. The summed E-state index contributed by atoms with van der Waals surface area (Å²) in [4.78, 5) is 3.00. The van der Waals surface area contributed by atoms with Crippen LogP contribution in [0.4, 0.5) is 13.2 Å². The minimum absolute atomic E-state index is 0.577. The van der Waals surface area contributed by atoms with Gasteiger partial charge in [-0.05, 0) is 18.2 Å². The molecule has 5 nitrogen and oxygen atoms in total. The number of hydrogen-bond acceptors (Lipinski definition) is 4. The normalized spacial score (nSPS) is 23.0. The molecule has 1 aliphatic rings. The summed E-state index contributed by atoms with van der Waals surface area (Å²) in [7, 11) is -4.28. The molecule has 9 heteroatoms. The van der Waals surface area contributed by atoms with Gasteiger partial charge in [-0.25, -0.2) is 13.6 Å². The van der Waals surface area contributed by atoms with E-state index in [1.54, 1.807) is 0 Å². The number of halogens is 3. The number of primary sulfonamides is 1. The van der Waals surface area contributed by atoms with Crippen molar-refractivity contribution in [2.24, 2.45) is 5.14 Å². The third-order valence-electron chi connectivity index (χ3n) is 3.20. The molecule has 114 valence electrons. The number of sulfonamides is 1. The molecule has 1 atom stereocenters. The first kappa shape index (κ1) is 15.5. The summed E-state index contributed by atoms with van der Waals surface area (Å²) in [5.41, 5.74) is -3.41. The zero-order chi connectivity index (χ0) is 15.9. The van der Waals surface area contributed by atoms with Crippen LogP contribution >= 0.6 is 0 Å². The van der Waals surface area contributed by atoms with Crippen molar-refractivity contribution in [1.29, 1.82) is 0 Å². The van der Waals surface area contributed by atoms with E-state index in [1.165, 1.54) is 6.07 Å². The lowest BCUT2D eigenvalue weighted by Gasteiger charge is -2.34. The number of rotatable bonds is 2. The fourth-order valence-electron chi connectivity index (χ4n) is 2.14. The fourth-order valence-corrected chi connectivity index (χ4v) is 2.84. The van der Waals surface area contributed by atoms with Crippen LogP contribution in [0, 0.1) is 0 Å². The van der Waals surface area contributed by atoms with E-state index in [9.17, 15) is 26.7 Å². The van der Waals surface area contributed by atoms with Gasteiger partial charge in [-0.2, -0.15) is 13.2 Å². The number of aromatic hydroxyl groups is 1. The van der Waals surface area contributed by atoms with E-state index in [-0.39, 0.29) is 0 Å². The van der Waals surface area contributed by atoms with Crippen LogP contribution in [-0.4, -0.2) is 24.7 Å². The Kier molecular flexibility index (Phi) is 3.58. The van der Waals surface area contributed by atoms with Crippen LogP contribution in [0.1, 0.15) is 12.1 Å². The lowest BCUT2D eigenvalue weighted by molar-refractivity contribution is -0.177. The topological polar surface area (TPSA) is 93.3 Å². The van der Waals surface area contributed by atoms with Crippen molar-refractivity contribution in [2.45, 2.75) is 18.0 Å². The number of alkyl halides is 3.